The molecule has 0 bridgehead atoms. The highest BCUT2D eigenvalue weighted by Gasteiger charge is 2.28. The molecule has 1 aromatic carbocycles. The van der Waals surface area contributed by atoms with Crippen molar-refractivity contribution in [3.05, 3.63) is 35.5 Å². The molecule has 3 N–H and O–H groups in total. The number of fused-ring (bicyclic) bond motifs is 1. The van der Waals surface area contributed by atoms with Crippen molar-refractivity contribution in [1.82, 2.24) is 10.2 Å². The Morgan fingerprint density at radius 1 is 1.32 bits per heavy atom. The van der Waals surface area contributed by atoms with Crippen molar-refractivity contribution in [3.8, 4) is 6.07 Å². The van der Waals surface area contributed by atoms with Gasteiger partial charge in [-0.3, -0.25) is 0 Å². The van der Waals surface area contributed by atoms with Crippen molar-refractivity contribution < 1.29 is 9.90 Å². The van der Waals surface area contributed by atoms with Gasteiger partial charge in [-0.1, -0.05) is 12.1 Å². The Balaban J connectivity index is 2.13. The quantitative estimate of drug-likeness (QED) is 0.526. The van der Waals surface area contributed by atoms with Crippen molar-refractivity contribution in [2.24, 2.45) is 4.99 Å². The predicted octanol–water partition coefficient (Wildman–Crippen LogP) is 0.910. The molecule has 2 heterocycles. The summed E-state index contributed by atoms with van der Waals surface area (Å²) in [5.74, 6) is -0.744. The summed E-state index contributed by atoms with van der Waals surface area (Å²) in [6.07, 6.45) is 0. The number of nitrogens with one attached hydrogen (secondary N) is 2. The van der Waals surface area contributed by atoms with Gasteiger partial charge in [-0.15, -0.1) is 0 Å². The number of aliphatic carboxylic acids is 1. The SMILES string of the molecule is N#CC(C(=O)O)=C1Nc2ccccc2N=C1N1CCNCC1. The van der Waals surface area contributed by atoms with Gasteiger partial charge in [0.1, 0.15) is 11.8 Å². The topological polar surface area (TPSA) is 101 Å². The second kappa shape index (κ2) is 5.87. The summed E-state index contributed by atoms with van der Waals surface area (Å²) in [5.41, 5.74) is 1.37. The van der Waals surface area contributed by atoms with Crippen LogP contribution in [-0.2, 0) is 4.79 Å². The highest BCUT2D eigenvalue weighted by molar-refractivity contribution is 6.12. The Labute approximate surface area is 127 Å². The van der Waals surface area contributed by atoms with Crippen LogP contribution in [0.15, 0.2) is 40.5 Å². The van der Waals surface area contributed by atoms with Gasteiger partial charge in [0.15, 0.2) is 11.4 Å². The van der Waals surface area contributed by atoms with E-state index in [0.717, 1.165) is 18.8 Å². The van der Waals surface area contributed by atoms with Crippen LogP contribution in [0.4, 0.5) is 11.4 Å². The minimum Gasteiger partial charge on any atom is -0.477 e. The van der Waals surface area contributed by atoms with E-state index in [0.29, 0.717) is 24.6 Å². The molecule has 0 unspecified atom stereocenters. The number of para-hydroxylation sites is 2. The van der Waals surface area contributed by atoms with E-state index in [-0.39, 0.29) is 11.3 Å². The zero-order valence-corrected chi connectivity index (χ0v) is 11.8. The lowest BCUT2D eigenvalue weighted by Crippen LogP contribution is -2.48. The minimum absolute atomic E-state index is 0.260. The van der Waals surface area contributed by atoms with Crippen LogP contribution >= 0.6 is 0 Å². The molecule has 7 heteroatoms. The number of nitriles is 1. The lowest BCUT2D eigenvalue weighted by molar-refractivity contribution is -0.132. The number of aliphatic imine (C=N–C) groups is 1. The van der Waals surface area contributed by atoms with Gasteiger partial charge in [0.25, 0.3) is 0 Å². The van der Waals surface area contributed by atoms with Crippen LogP contribution < -0.4 is 10.6 Å². The van der Waals surface area contributed by atoms with Crippen molar-refractivity contribution in [3.63, 3.8) is 0 Å². The number of carboxylic acids is 1. The fraction of sp³-hybridized carbons (Fsp3) is 0.267. The van der Waals surface area contributed by atoms with Gasteiger partial charge in [-0.2, -0.15) is 5.26 Å². The Hall–Kier alpha value is -2.85. The van der Waals surface area contributed by atoms with Crippen molar-refractivity contribution >= 4 is 23.2 Å². The molecule has 0 radical (unpaired) electrons. The van der Waals surface area contributed by atoms with Crippen LogP contribution in [0.25, 0.3) is 0 Å². The summed E-state index contributed by atoms with van der Waals surface area (Å²) >= 11 is 0. The maximum absolute atomic E-state index is 11.4. The number of rotatable bonds is 1. The number of anilines is 1. The molecule has 112 valence electrons. The Morgan fingerprint density at radius 2 is 2.05 bits per heavy atom. The lowest BCUT2D eigenvalue weighted by atomic mass is 10.1. The summed E-state index contributed by atoms with van der Waals surface area (Å²) in [5, 5.41) is 24.8. The van der Waals surface area contributed by atoms with Crippen LogP contribution in [0.1, 0.15) is 0 Å². The van der Waals surface area contributed by atoms with E-state index in [1.165, 1.54) is 0 Å². The third-order valence-corrected chi connectivity index (χ3v) is 3.61. The molecule has 7 nitrogen and oxygen atoms in total. The van der Waals surface area contributed by atoms with Crippen molar-refractivity contribution in [2.75, 3.05) is 31.5 Å². The zero-order chi connectivity index (χ0) is 15.5. The molecule has 2 aliphatic heterocycles. The monoisotopic (exact) mass is 297 g/mol. The summed E-state index contributed by atoms with van der Waals surface area (Å²) in [4.78, 5) is 17.9. The van der Waals surface area contributed by atoms with Crippen molar-refractivity contribution in [1.29, 1.82) is 5.26 Å². The molecule has 1 fully saturated rings. The largest absolute Gasteiger partial charge is 0.477 e. The fourth-order valence-electron chi connectivity index (χ4n) is 2.53. The van der Waals surface area contributed by atoms with E-state index >= 15 is 0 Å². The first kappa shape index (κ1) is 14.1. The third-order valence-electron chi connectivity index (χ3n) is 3.61. The first-order chi connectivity index (χ1) is 10.7. The van der Waals surface area contributed by atoms with E-state index in [1.54, 1.807) is 6.07 Å². The molecule has 0 saturated carbocycles. The summed E-state index contributed by atoms with van der Waals surface area (Å²) in [6, 6.07) is 9.14. The van der Waals surface area contributed by atoms with Gasteiger partial charge in [-0.05, 0) is 12.1 Å². The highest BCUT2D eigenvalue weighted by atomic mass is 16.4. The molecule has 22 heavy (non-hydrogen) atoms. The first-order valence-electron chi connectivity index (χ1n) is 6.99. The molecular formula is C15H15N5O2. The second-order valence-electron chi connectivity index (χ2n) is 4.98. The Kier molecular flexibility index (Phi) is 3.76. The van der Waals surface area contributed by atoms with E-state index in [2.05, 4.69) is 15.6 Å². The van der Waals surface area contributed by atoms with Crippen LogP contribution in [0.5, 0.6) is 0 Å². The van der Waals surface area contributed by atoms with E-state index in [9.17, 15) is 15.2 Å². The van der Waals surface area contributed by atoms with Crippen LogP contribution in [-0.4, -0.2) is 48.0 Å². The number of piperazine rings is 1. The van der Waals surface area contributed by atoms with Gasteiger partial charge in [0.2, 0.25) is 0 Å². The Morgan fingerprint density at radius 3 is 2.73 bits per heavy atom. The molecule has 1 aromatic rings. The smallest absolute Gasteiger partial charge is 0.348 e. The number of hydrogen-bond donors (Lipinski definition) is 3. The zero-order valence-electron chi connectivity index (χ0n) is 11.8. The molecule has 2 aliphatic rings. The van der Waals surface area contributed by atoms with Gasteiger partial charge in [0.05, 0.1) is 11.4 Å². The van der Waals surface area contributed by atoms with E-state index < -0.39 is 5.97 Å². The lowest BCUT2D eigenvalue weighted by Gasteiger charge is -2.33. The second-order valence-corrected chi connectivity index (χ2v) is 4.98. The number of nitrogens with zero attached hydrogens (tertiary/aromatic N) is 3. The number of amidine groups is 1. The number of benzene rings is 1. The summed E-state index contributed by atoms with van der Waals surface area (Å²) in [6.45, 7) is 3.01. The van der Waals surface area contributed by atoms with Crippen LogP contribution in [0, 0.1) is 11.3 Å². The standard InChI is InChI=1S/C15H15N5O2/c16-9-10(15(21)22)13-14(20-7-5-17-6-8-20)19-12-4-2-1-3-11(12)18-13/h1-4,17-18H,5-8H2,(H,21,22). The molecular weight excluding hydrogens is 282 g/mol. The maximum Gasteiger partial charge on any atom is 0.348 e. The molecule has 0 atom stereocenters. The molecule has 3 rings (SSSR count). The highest BCUT2D eigenvalue weighted by Crippen LogP contribution is 2.32. The van der Waals surface area contributed by atoms with Gasteiger partial charge in [0, 0.05) is 26.2 Å². The maximum atomic E-state index is 11.4. The van der Waals surface area contributed by atoms with E-state index in [1.807, 2.05) is 29.2 Å². The van der Waals surface area contributed by atoms with E-state index in [4.69, 9.17) is 0 Å². The van der Waals surface area contributed by atoms with Crippen molar-refractivity contribution in [2.45, 2.75) is 0 Å². The molecule has 0 aliphatic carbocycles. The average Bonchev–Trinajstić information content (AvgIpc) is 2.55. The summed E-state index contributed by atoms with van der Waals surface area (Å²) < 4.78 is 0. The number of hydrogen-bond acceptors (Lipinski definition) is 6. The van der Waals surface area contributed by atoms with Gasteiger partial charge in [-0.25, -0.2) is 9.79 Å². The predicted molar refractivity (Wildman–Crippen MR) is 81.9 cm³/mol. The average molecular weight is 297 g/mol. The number of carboxylic acid groups (broad SMARTS) is 1. The van der Waals surface area contributed by atoms with Crippen LogP contribution in [0.2, 0.25) is 0 Å². The Bertz CT molecular complexity index is 711. The fourth-order valence-corrected chi connectivity index (χ4v) is 2.53. The van der Waals surface area contributed by atoms with Gasteiger partial charge >= 0.3 is 5.97 Å². The summed E-state index contributed by atoms with van der Waals surface area (Å²) in [7, 11) is 0. The normalized spacial score (nSPS) is 19.4. The number of carbonyl (C=O) groups is 1. The molecule has 0 amide bonds. The van der Waals surface area contributed by atoms with Crippen LogP contribution in [0.3, 0.4) is 0 Å². The molecule has 0 aromatic heterocycles. The first-order valence-corrected chi connectivity index (χ1v) is 6.99. The third kappa shape index (κ3) is 2.52. The minimum atomic E-state index is -1.26. The molecule has 1 saturated heterocycles. The van der Waals surface area contributed by atoms with Gasteiger partial charge < -0.3 is 20.6 Å². The molecule has 0 spiro atoms.